The largest absolute Gasteiger partial charge is 0.379 e. The Morgan fingerprint density at radius 2 is 1.87 bits per heavy atom. The smallest absolute Gasteiger partial charge is 0.104 e. The molecule has 4 heteroatoms. The van der Waals surface area contributed by atoms with Crippen molar-refractivity contribution in [2.24, 2.45) is 0 Å². The number of rotatable bonds is 9. The van der Waals surface area contributed by atoms with Crippen molar-refractivity contribution in [2.45, 2.75) is 38.1 Å². The topological polar surface area (TPSA) is 43.5 Å². The molecule has 2 aliphatic rings. The van der Waals surface area contributed by atoms with Gasteiger partial charge in [0.15, 0.2) is 0 Å². The van der Waals surface area contributed by atoms with Crippen LogP contribution < -0.4 is 0 Å². The number of epoxide rings is 2. The molecule has 0 radical (unpaired) electrons. The molecule has 4 nitrogen and oxygen atoms in total. The monoisotopic (exact) mass is 216 g/mol. The first-order chi connectivity index (χ1) is 7.34. The van der Waals surface area contributed by atoms with Crippen LogP contribution in [0.1, 0.15) is 19.8 Å². The summed E-state index contributed by atoms with van der Waals surface area (Å²) < 4.78 is 21.2. The van der Waals surface area contributed by atoms with E-state index in [1.807, 2.05) is 0 Å². The van der Waals surface area contributed by atoms with Crippen molar-refractivity contribution in [2.75, 3.05) is 33.0 Å². The van der Waals surface area contributed by atoms with Crippen molar-refractivity contribution in [3.63, 3.8) is 0 Å². The van der Waals surface area contributed by atoms with Gasteiger partial charge in [-0.2, -0.15) is 0 Å². The standard InChI is InChI=1S/C11H20O4/c1-9(13-6-11-8-15-11)3-2-4-12-5-10-7-14-10/h9-11H,2-8H2,1H3. The van der Waals surface area contributed by atoms with E-state index in [1.165, 1.54) is 0 Å². The predicted octanol–water partition coefficient (Wildman–Crippen LogP) is 0.986. The van der Waals surface area contributed by atoms with Gasteiger partial charge in [0.25, 0.3) is 0 Å². The molecule has 0 bridgehead atoms. The molecule has 88 valence electrons. The van der Waals surface area contributed by atoms with Crippen LogP contribution in [0.25, 0.3) is 0 Å². The van der Waals surface area contributed by atoms with E-state index in [4.69, 9.17) is 18.9 Å². The maximum absolute atomic E-state index is 5.60. The second-order valence-electron chi connectivity index (χ2n) is 4.27. The Morgan fingerprint density at radius 3 is 2.53 bits per heavy atom. The lowest BCUT2D eigenvalue weighted by molar-refractivity contribution is 0.0387. The summed E-state index contributed by atoms with van der Waals surface area (Å²) in [6.45, 7) is 6.17. The minimum atomic E-state index is 0.315. The summed E-state index contributed by atoms with van der Waals surface area (Å²) >= 11 is 0. The summed E-state index contributed by atoms with van der Waals surface area (Å²) in [6, 6.07) is 0. The van der Waals surface area contributed by atoms with Crippen LogP contribution in [-0.4, -0.2) is 51.3 Å². The van der Waals surface area contributed by atoms with Gasteiger partial charge in [-0.25, -0.2) is 0 Å². The highest BCUT2D eigenvalue weighted by Crippen LogP contribution is 2.12. The SMILES string of the molecule is CC(CCCOCC1CO1)OCC1CO1. The van der Waals surface area contributed by atoms with E-state index in [0.717, 1.165) is 45.9 Å². The van der Waals surface area contributed by atoms with Crippen LogP contribution in [0.4, 0.5) is 0 Å². The maximum Gasteiger partial charge on any atom is 0.104 e. The third-order valence-electron chi connectivity index (χ3n) is 2.57. The van der Waals surface area contributed by atoms with Crippen molar-refractivity contribution in [3.05, 3.63) is 0 Å². The highest BCUT2D eigenvalue weighted by Gasteiger charge is 2.23. The molecule has 0 aromatic carbocycles. The Morgan fingerprint density at radius 1 is 1.20 bits per heavy atom. The lowest BCUT2D eigenvalue weighted by atomic mass is 10.2. The normalized spacial score (nSPS) is 30.2. The molecule has 0 aromatic rings. The fourth-order valence-corrected chi connectivity index (χ4v) is 1.37. The van der Waals surface area contributed by atoms with Gasteiger partial charge in [0.05, 0.1) is 32.5 Å². The van der Waals surface area contributed by atoms with Gasteiger partial charge in [0.1, 0.15) is 12.2 Å². The summed E-state index contributed by atoms with van der Waals surface area (Å²) in [4.78, 5) is 0. The van der Waals surface area contributed by atoms with Crippen LogP contribution in [0.15, 0.2) is 0 Å². The van der Waals surface area contributed by atoms with Gasteiger partial charge in [-0.3, -0.25) is 0 Å². The molecule has 0 spiro atoms. The van der Waals surface area contributed by atoms with Crippen molar-refractivity contribution in [1.29, 1.82) is 0 Å². The van der Waals surface area contributed by atoms with E-state index in [2.05, 4.69) is 6.92 Å². The quantitative estimate of drug-likeness (QED) is 0.426. The van der Waals surface area contributed by atoms with E-state index in [0.29, 0.717) is 18.3 Å². The van der Waals surface area contributed by atoms with Crippen molar-refractivity contribution in [1.82, 2.24) is 0 Å². The highest BCUT2D eigenvalue weighted by atomic mass is 16.6. The van der Waals surface area contributed by atoms with Crippen LogP contribution in [0.5, 0.6) is 0 Å². The molecule has 0 aromatic heterocycles. The molecule has 2 saturated heterocycles. The summed E-state index contributed by atoms with van der Waals surface area (Å²) in [5, 5.41) is 0. The second kappa shape index (κ2) is 5.80. The van der Waals surface area contributed by atoms with Gasteiger partial charge in [0, 0.05) is 6.61 Å². The first kappa shape index (κ1) is 11.3. The number of hydrogen-bond donors (Lipinski definition) is 0. The average molecular weight is 216 g/mol. The van der Waals surface area contributed by atoms with E-state index < -0.39 is 0 Å². The van der Waals surface area contributed by atoms with Crippen LogP contribution in [0.2, 0.25) is 0 Å². The molecule has 3 atom stereocenters. The third-order valence-corrected chi connectivity index (χ3v) is 2.57. The molecule has 2 heterocycles. The molecule has 3 unspecified atom stereocenters. The fourth-order valence-electron chi connectivity index (χ4n) is 1.37. The molecule has 0 saturated carbocycles. The van der Waals surface area contributed by atoms with E-state index in [9.17, 15) is 0 Å². The molecular formula is C11H20O4. The van der Waals surface area contributed by atoms with E-state index >= 15 is 0 Å². The molecule has 0 aliphatic carbocycles. The number of hydrogen-bond acceptors (Lipinski definition) is 4. The summed E-state index contributed by atoms with van der Waals surface area (Å²) in [6.07, 6.45) is 3.17. The summed E-state index contributed by atoms with van der Waals surface area (Å²) in [5.41, 5.74) is 0. The molecule has 0 amide bonds. The Kier molecular flexibility index (Phi) is 4.38. The first-order valence-corrected chi connectivity index (χ1v) is 5.77. The molecule has 2 aliphatic heterocycles. The average Bonchev–Trinajstić information content (AvgIpc) is 3.08. The van der Waals surface area contributed by atoms with E-state index in [-0.39, 0.29) is 0 Å². The maximum atomic E-state index is 5.60. The van der Waals surface area contributed by atoms with Crippen molar-refractivity contribution in [3.8, 4) is 0 Å². The highest BCUT2D eigenvalue weighted by molar-refractivity contribution is 4.68. The van der Waals surface area contributed by atoms with Crippen LogP contribution in [0.3, 0.4) is 0 Å². The first-order valence-electron chi connectivity index (χ1n) is 5.77. The fraction of sp³-hybridized carbons (Fsp3) is 1.00. The lowest BCUT2D eigenvalue weighted by Crippen LogP contribution is -2.13. The zero-order valence-electron chi connectivity index (χ0n) is 9.31. The Balaban J connectivity index is 1.35. The minimum absolute atomic E-state index is 0.315. The van der Waals surface area contributed by atoms with Gasteiger partial charge >= 0.3 is 0 Å². The van der Waals surface area contributed by atoms with Gasteiger partial charge in [-0.15, -0.1) is 0 Å². The predicted molar refractivity (Wildman–Crippen MR) is 54.9 cm³/mol. The van der Waals surface area contributed by atoms with Gasteiger partial charge in [-0.1, -0.05) is 0 Å². The zero-order valence-corrected chi connectivity index (χ0v) is 9.31. The molecule has 2 fully saturated rings. The Labute approximate surface area is 90.8 Å². The molecule has 2 rings (SSSR count). The summed E-state index contributed by atoms with van der Waals surface area (Å²) in [5.74, 6) is 0. The molecule has 0 N–H and O–H groups in total. The minimum Gasteiger partial charge on any atom is -0.379 e. The zero-order chi connectivity index (χ0) is 10.5. The Bertz CT molecular complexity index is 177. The van der Waals surface area contributed by atoms with Gasteiger partial charge < -0.3 is 18.9 Å². The van der Waals surface area contributed by atoms with Crippen molar-refractivity contribution < 1.29 is 18.9 Å². The second-order valence-corrected chi connectivity index (χ2v) is 4.27. The van der Waals surface area contributed by atoms with Gasteiger partial charge in [-0.05, 0) is 19.8 Å². The van der Waals surface area contributed by atoms with Crippen LogP contribution in [-0.2, 0) is 18.9 Å². The third kappa shape index (κ3) is 5.47. The Hall–Kier alpha value is -0.160. The van der Waals surface area contributed by atoms with Crippen molar-refractivity contribution >= 4 is 0 Å². The molecule has 15 heavy (non-hydrogen) atoms. The number of ether oxygens (including phenoxy) is 4. The van der Waals surface area contributed by atoms with E-state index in [1.54, 1.807) is 0 Å². The lowest BCUT2D eigenvalue weighted by Gasteiger charge is -2.11. The molecular weight excluding hydrogens is 196 g/mol. The summed E-state index contributed by atoms with van der Waals surface area (Å²) in [7, 11) is 0. The van der Waals surface area contributed by atoms with Crippen LogP contribution in [0, 0.1) is 0 Å². The van der Waals surface area contributed by atoms with Crippen LogP contribution >= 0.6 is 0 Å². The van der Waals surface area contributed by atoms with Gasteiger partial charge in [0.2, 0.25) is 0 Å².